The highest BCUT2D eigenvalue weighted by molar-refractivity contribution is 7.98. The molecule has 3 aromatic rings. The monoisotopic (exact) mass is 334 g/mol. The summed E-state index contributed by atoms with van der Waals surface area (Å²) in [5.74, 6) is 3.47. The Balaban J connectivity index is 1.59. The zero-order chi connectivity index (χ0) is 16.1. The summed E-state index contributed by atoms with van der Waals surface area (Å²) in [5.41, 5.74) is 0. The van der Waals surface area contributed by atoms with E-state index in [1.165, 1.54) is 18.1 Å². The van der Waals surface area contributed by atoms with Gasteiger partial charge in [0.05, 0.1) is 12.3 Å². The fraction of sp³-hybridized carbons (Fsp3) is 0.286. The fourth-order valence-corrected chi connectivity index (χ4v) is 2.65. The quantitative estimate of drug-likeness (QED) is 0.669. The van der Waals surface area contributed by atoms with Crippen molar-refractivity contribution in [1.29, 1.82) is 0 Å². The van der Waals surface area contributed by atoms with Gasteiger partial charge in [-0.25, -0.2) is 19.0 Å². The number of hydrogen-bond donors (Lipinski definition) is 1. The molecule has 1 N–H and O–H groups in total. The predicted octanol–water partition coefficient (Wildman–Crippen LogP) is 2.73. The standard InChI is InChI=1S/C14H15FN6OS/c1-10-2-3-11(22-10)4-5-12-18-14(20-19-12)23-8-13-16-9-17-21(13)7-6-15/h2-5,9H,6-8H2,1H3,(H,18,19,20). The average Bonchev–Trinajstić information content (AvgIpc) is 3.25. The van der Waals surface area contributed by atoms with Crippen LogP contribution in [0.3, 0.4) is 0 Å². The number of aryl methyl sites for hydroxylation is 2. The van der Waals surface area contributed by atoms with Crippen LogP contribution in [-0.4, -0.2) is 36.6 Å². The zero-order valence-corrected chi connectivity index (χ0v) is 13.3. The number of rotatable bonds is 7. The van der Waals surface area contributed by atoms with Gasteiger partial charge in [-0.3, -0.25) is 5.10 Å². The lowest BCUT2D eigenvalue weighted by atomic mass is 10.4. The van der Waals surface area contributed by atoms with E-state index < -0.39 is 6.67 Å². The maximum Gasteiger partial charge on any atom is 0.209 e. The van der Waals surface area contributed by atoms with Gasteiger partial charge in [-0.05, 0) is 31.2 Å². The first-order valence-corrected chi connectivity index (χ1v) is 7.95. The Morgan fingerprint density at radius 3 is 3.09 bits per heavy atom. The number of alkyl halides is 1. The van der Waals surface area contributed by atoms with Crippen LogP contribution < -0.4 is 0 Å². The van der Waals surface area contributed by atoms with E-state index in [-0.39, 0.29) is 6.54 Å². The lowest BCUT2D eigenvalue weighted by Gasteiger charge is -2.00. The maximum absolute atomic E-state index is 12.4. The van der Waals surface area contributed by atoms with Crippen LogP contribution in [-0.2, 0) is 12.3 Å². The minimum atomic E-state index is -0.469. The molecule has 0 aliphatic rings. The first-order chi connectivity index (χ1) is 11.2. The van der Waals surface area contributed by atoms with Gasteiger partial charge in [-0.1, -0.05) is 11.8 Å². The molecule has 9 heteroatoms. The van der Waals surface area contributed by atoms with E-state index in [0.717, 1.165) is 11.5 Å². The van der Waals surface area contributed by atoms with Crippen LogP contribution in [0.25, 0.3) is 12.2 Å². The Morgan fingerprint density at radius 1 is 1.39 bits per heavy atom. The molecule has 0 radical (unpaired) electrons. The summed E-state index contributed by atoms with van der Waals surface area (Å²) < 4.78 is 19.4. The first-order valence-electron chi connectivity index (χ1n) is 6.97. The Bertz CT molecular complexity index is 793. The van der Waals surface area contributed by atoms with Crippen molar-refractivity contribution in [3.05, 3.63) is 41.6 Å². The number of furan rings is 1. The normalized spacial score (nSPS) is 11.6. The number of hydrogen-bond acceptors (Lipinski definition) is 6. The fourth-order valence-electron chi connectivity index (χ4n) is 1.90. The lowest BCUT2D eigenvalue weighted by Crippen LogP contribution is -2.06. The van der Waals surface area contributed by atoms with Crippen LogP contribution >= 0.6 is 11.8 Å². The second-order valence-electron chi connectivity index (χ2n) is 4.66. The van der Waals surface area contributed by atoms with E-state index in [4.69, 9.17) is 4.42 Å². The van der Waals surface area contributed by atoms with Crippen LogP contribution in [0.2, 0.25) is 0 Å². The van der Waals surface area contributed by atoms with Crippen molar-refractivity contribution in [2.24, 2.45) is 0 Å². The minimum absolute atomic E-state index is 0.209. The smallest absolute Gasteiger partial charge is 0.209 e. The molecular formula is C14H15FN6OS. The molecule has 0 bridgehead atoms. The second-order valence-corrected chi connectivity index (χ2v) is 5.60. The van der Waals surface area contributed by atoms with Crippen LogP contribution in [0.4, 0.5) is 4.39 Å². The van der Waals surface area contributed by atoms with Crippen LogP contribution in [0.5, 0.6) is 0 Å². The van der Waals surface area contributed by atoms with Gasteiger partial charge in [-0.15, -0.1) is 5.10 Å². The molecule has 0 fully saturated rings. The van der Waals surface area contributed by atoms with Crippen molar-refractivity contribution < 1.29 is 8.81 Å². The number of nitrogens with zero attached hydrogens (tertiary/aromatic N) is 5. The third-order valence-electron chi connectivity index (χ3n) is 2.97. The average molecular weight is 334 g/mol. The van der Waals surface area contributed by atoms with Crippen molar-refractivity contribution >= 4 is 23.9 Å². The van der Waals surface area contributed by atoms with Crippen LogP contribution in [0.15, 0.2) is 28.0 Å². The molecule has 3 rings (SSSR count). The van der Waals surface area contributed by atoms with Crippen LogP contribution in [0.1, 0.15) is 23.2 Å². The van der Waals surface area contributed by atoms with Gasteiger partial charge < -0.3 is 4.42 Å². The van der Waals surface area contributed by atoms with Gasteiger partial charge in [0, 0.05) is 0 Å². The predicted molar refractivity (Wildman–Crippen MR) is 84.3 cm³/mol. The molecule has 0 unspecified atom stereocenters. The van der Waals surface area contributed by atoms with Crippen molar-refractivity contribution in [1.82, 2.24) is 29.9 Å². The van der Waals surface area contributed by atoms with Crippen molar-refractivity contribution in [3.8, 4) is 0 Å². The lowest BCUT2D eigenvalue weighted by molar-refractivity contribution is 0.421. The molecule has 7 nitrogen and oxygen atoms in total. The Kier molecular flexibility index (Phi) is 4.86. The van der Waals surface area contributed by atoms with Crippen molar-refractivity contribution in [3.63, 3.8) is 0 Å². The van der Waals surface area contributed by atoms with E-state index in [0.29, 0.717) is 22.6 Å². The van der Waals surface area contributed by atoms with Gasteiger partial charge in [0.15, 0.2) is 0 Å². The highest BCUT2D eigenvalue weighted by Gasteiger charge is 2.08. The molecule has 0 spiro atoms. The third kappa shape index (κ3) is 4.07. The molecule has 0 aliphatic carbocycles. The Labute approximate surface area is 136 Å². The molecule has 0 aromatic carbocycles. The number of aromatic nitrogens is 6. The molecule has 0 saturated heterocycles. The molecule has 0 aliphatic heterocycles. The number of thioether (sulfide) groups is 1. The zero-order valence-electron chi connectivity index (χ0n) is 12.4. The molecule has 0 atom stereocenters. The Hall–Kier alpha value is -2.42. The third-order valence-corrected chi connectivity index (χ3v) is 3.81. The summed E-state index contributed by atoms with van der Waals surface area (Å²) in [6.45, 7) is 1.63. The SMILES string of the molecule is Cc1ccc(C=Cc2nc(SCc3ncnn3CCF)n[nH]2)o1. The van der Waals surface area contributed by atoms with Gasteiger partial charge in [0.1, 0.15) is 36.2 Å². The minimum Gasteiger partial charge on any atom is -0.462 e. The van der Waals surface area contributed by atoms with E-state index in [9.17, 15) is 4.39 Å². The molecule has 120 valence electrons. The second kappa shape index (κ2) is 7.23. The molecule has 0 amide bonds. The molecule has 23 heavy (non-hydrogen) atoms. The number of nitrogens with one attached hydrogen (secondary N) is 1. The summed E-state index contributed by atoms with van der Waals surface area (Å²) >= 11 is 1.41. The van der Waals surface area contributed by atoms with Gasteiger partial charge in [-0.2, -0.15) is 5.10 Å². The van der Waals surface area contributed by atoms with E-state index in [2.05, 4.69) is 25.3 Å². The molecule has 0 saturated carbocycles. The van der Waals surface area contributed by atoms with Crippen molar-refractivity contribution in [2.45, 2.75) is 24.4 Å². The summed E-state index contributed by atoms with van der Waals surface area (Å²) in [5, 5.41) is 11.5. The molecular weight excluding hydrogens is 319 g/mol. The Morgan fingerprint density at radius 2 is 2.30 bits per heavy atom. The molecule has 3 aromatic heterocycles. The number of H-pyrrole nitrogens is 1. The molecule has 3 heterocycles. The largest absolute Gasteiger partial charge is 0.462 e. The van der Waals surface area contributed by atoms with Crippen LogP contribution in [0, 0.1) is 6.92 Å². The topological polar surface area (TPSA) is 85.4 Å². The van der Waals surface area contributed by atoms with Crippen molar-refractivity contribution in [2.75, 3.05) is 6.67 Å². The number of aromatic amines is 1. The van der Waals surface area contributed by atoms with E-state index in [1.54, 1.807) is 10.8 Å². The maximum atomic E-state index is 12.4. The first kappa shape index (κ1) is 15.5. The highest BCUT2D eigenvalue weighted by Crippen LogP contribution is 2.18. The summed E-state index contributed by atoms with van der Waals surface area (Å²) in [4.78, 5) is 8.45. The highest BCUT2D eigenvalue weighted by atomic mass is 32.2. The van der Waals surface area contributed by atoms with E-state index >= 15 is 0 Å². The summed E-state index contributed by atoms with van der Waals surface area (Å²) in [7, 11) is 0. The van der Waals surface area contributed by atoms with E-state index in [1.807, 2.05) is 25.1 Å². The van der Waals surface area contributed by atoms with Gasteiger partial charge >= 0.3 is 0 Å². The summed E-state index contributed by atoms with van der Waals surface area (Å²) in [6.07, 6.45) is 5.03. The number of halogens is 1. The summed E-state index contributed by atoms with van der Waals surface area (Å²) in [6, 6.07) is 3.78. The van der Waals surface area contributed by atoms with Gasteiger partial charge in [0.25, 0.3) is 0 Å². The van der Waals surface area contributed by atoms with Gasteiger partial charge in [0.2, 0.25) is 5.16 Å².